The molecule has 2 aromatic carbocycles. The number of rotatable bonds is 4. The first-order chi connectivity index (χ1) is 17.6. The average molecular weight is 507 g/mol. The van der Waals surface area contributed by atoms with E-state index in [0.29, 0.717) is 29.4 Å². The number of fused-ring (bicyclic) bond motifs is 1. The van der Waals surface area contributed by atoms with Gasteiger partial charge in [-0.15, -0.1) is 0 Å². The zero-order valence-corrected chi connectivity index (χ0v) is 21.1. The van der Waals surface area contributed by atoms with E-state index in [0.717, 1.165) is 48.4 Å². The molecule has 8 heteroatoms. The highest BCUT2D eigenvalue weighted by molar-refractivity contribution is 5.85. The van der Waals surface area contributed by atoms with Crippen molar-refractivity contribution in [2.75, 3.05) is 18.0 Å². The first-order valence-corrected chi connectivity index (χ1v) is 12.5. The summed E-state index contributed by atoms with van der Waals surface area (Å²) in [5.74, 6) is 1.03. The van der Waals surface area contributed by atoms with Crippen molar-refractivity contribution >= 4 is 16.6 Å². The van der Waals surface area contributed by atoms with E-state index in [1.807, 2.05) is 32.9 Å². The lowest BCUT2D eigenvalue weighted by atomic mass is 9.88. The molecule has 0 saturated carbocycles. The molecule has 2 aromatic heterocycles. The Labute approximate surface area is 213 Å². The average Bonchev–Trinajstić information content (AvgIpc) is 2.84. The lowest BCUT2D eigenvalue weighted by Crippen LogP contribution is -2.34. The minimum atomic E-state index is -4.40. The van der Waals surface area contributed by atoms with Gasteiger partial charge in [0, 0.05) is 42.1 Å². The first-order valence-electron chi connectivity index (χ1n) is 12.5. The summed E-state index contributed by atoms with van der Waals surface area (Å²) in [4.78, 5) is 23.6. The predicted octanol–water partition coefficient (Wildman–Crippen LogP) is 6.18. The van der Waals surface area contributed by atoms with Gasteiger partial charge in [-0.1, -0.05) is 12.1 Å². The SMILES string of the molecule is Cc1cc(=O)n(-c2ccc(N3CCC(Cc4ccc(C(F)(F)F)c5cccnc45)CC3)c(C)c2)c(C)n1. The Balaban J connectivity index is 1.31. The van der Waals surface area contributed by atoms with E-state index < -0.39 is 11.7 Å². The minimum absolute atomic E-state index is 0.0942. The van der Waals surface area contributed by atoms with Crippen LogP contribution in [0.1, 0.15) is 41.1 Å². The molecule has 4 aromatic rings. The fourth-order valence-corrected chi connectivity index (χ4v) is 5.52. The van der Waals surface area contributed by atoms with E-state index >= 15 is 0 Å². The van der Waals surface area contributed by atoms with Crippen molar-refractivity contribution in [2.24, 2.45) is 5.92 Å². The second-order valence-corrected chi connectivity index (χ2v) is 9.89. The zero-order valence-electron chi connectivity index (χ0n) is 21.1. The summed E-state index contributed by atoms with van der Waals surface area (Å²) in [7, 11) is 0. The highest BCUT2D eigenvalue weighted by Gasteiger charge is 2.33. The number of hydrogen-bond donors (Lipinski definition) is 0. The highest BCUT2D eigenvalue weighted by atomic mass is 19.4. The van der Waals surface area contributed by atoms with E-state index in [2.05, 4.69) is 20.9 Å². The van der Waals surface area contributed by atoms with Crippen LogP contribution in [0.25, 0.3) is 16.6 Å². The quantitative estimate of drug-likeness (QED) is 0.332. The van der Waals surface area contributed by atoms with Crippen LogP contribution in [-0.4, -0.2) is 27.6 Å². The van der Waals surface area contributed by atoms with Crippen molar-refractivity contribution in [1.29, 1.82) is 0 Å². The molecule has 5 rings (SSSR count). The molecular weight excluding hydrogens is 477 g/mol. The normalized spacial score (nSPS) is 14.9. The third kappa shape index (κ3) is 4.97. The van der Waals surface area contributed by atoms with Crippen molar-refractivity contribution in [3.05, 3.63) is 93.3 Å². The molecule has 1 fully saturated rings. The number of piperidine rings is 1. The number of alkyl halides is 3. The van der Waals surface area contributed by atoms with Crippen molar-refractivity contribution in [2.45, 2.75) is 46.2 Å². The molecule has 0 amide bonds. The molecule has 0 atom stereocenters. The van der Waals surface area contributed by atoms with Crippen molar-refractivity contribution < 1.29 is 13.2 Å². The number of aryl methyl sites for hydroxylation is 3. The second-order valence-electron chi connectivity index (χ2n) is 9.89. The molecule has 5 nitrogen and oxygen atoms in total. The van der Waals surface area contributed by atoms with Gasteiger partial charge < -0.3 is 4.90 Å². The molecule has 0 bridgehead atoms. The molecular formula is C29H29F3N4O. The highest BCUT2D eigenvalue weighted by Crippen LogP contribution is 2.37. The van der Waals surface area contributed by atoms with E-state index in [9.17, 15) is 18.0 Å². The summed E-state index contributed by atoms with van der Waals surface area (Å²) in [5, 5.41) is 0.166. The van der Waals surface area contributed by atoms with Gasteiger partial charge in [0.25, 0.3) is 5.56 Å². The number of aromatic nitrogens is 3. The van der Waals surface area contributed by atoms with Gasteiger partial charge in [0.1, 0.15) is 5.82 Å². The lowest BCUT2D eigenvalue weighted by Gasteiger charge is -2.35. The molecule has 192 valence electrons. The van der Waals surface area contributed by atoms with Crippen molar-refractivity contribution in [3.8, 4) is 5.69 Å². The Kier molecular flexibility index (Phi) is 6.52. The van der Waals surface area contributed by atoms with Crippen LogP contribution < -0.4 is 10.5 Å². The number of hydrogen-bond acceptors (Lipinski definition) is 4. The van der Waals surface area contributed by atoms with E-state index in [-0.39, 0.29) is 10.9 Å². The lowest BCUT2D eigenvalue weighted by molar-refractivity contribution is -0.136. The molecule has 3 heterocycles. The monoisotopic (exact) mass is 506 g/mol. The summed E-state index contributed by atoms with van der Waals surface area (Å²) >= 11 is 0. The summed E-state index contributed by atoms with van der Waals surface area (Å²) < 4.78 is 42.0. The fraction of sp³-hybridized carbons (Fsp3) is 0.345. The summed E-state index contributed by atoms with van der Waals surface area (Å²) in [6.07, 6.45) is -0.252. The van der Waals surface area contributed by atoms with Gasteiger partial charge in [-0.2, -0.15) is 13.2 Å². The molecule has 37 heavy (non-hydrogen) atoms. The third-order valence-electron chi connectivity index (χ3n) is 7.28. The summed E-state index contributed by atoms with van der Waals surface area (Å²) in [6.45, 7) is 7.42. The summed E-state index contributed by atoms with van der Waals surface area (Å²) in [6, 6.07) is 13.4. The Morgan fingerprint density at radius 3 is 2.43 bits per heavy atom. The molecule has 1 aliphatic rings. The third-order valence-corrected chi connectivity index (χ3v) is 7.28. The predicted molar refractivity (Wildman–Crippen MR) is 139 cm³/mol. The van der Waals surface area contributed by atoms with Crippen LogP contribution in [0.2, 0.25) is 0 Å². The van der Waals surface area contributed by atoms with Crippen LogP contribution in [0.3, 0.4) is 0 Å². The maximum atomic E-state index is 13.5. The van der Waals surface area contributed by atoms with Crippen LogP contribution in [-0.2, 0) is 12.6 Å². The van der Waals surface area contributed by atoms with Crippen LogP contribution in [0, 0.1) is 26.7 Å². The molecule has 0 unspecified atom stereocenters. The number of benzene rings is 2. The summed E-state index contributed by atoms with van der Waals surface area (Å²) in [5.41, 5.74) is 4.31. The number of halogens is 3. The topological polar surface area (TPSA) is 51.0 Å². The number of pyridine rings is 1. The van der Waals surface area contributed by atoms with Crippen molar-refractivity contribution in [1.82, 2.24) is 14.5 Å². The standard InChI is InChI=1S/C29H29F3N4O/c1-18-15-23(36-20(3)34-19(2)16-27(36)37)7-9-26(18)35-13-10-21(11-14-35)17-22-6-8-25(29(30,31)32)24-5-4-12-33-28(22)24/h4-9,12,15-16,21H,10-11,13-14,17H2,1-3H3. The zero-order chi connectivity index (χ0) is 26.3. The maximum Gasteiger partial charge on any atom is 0.417 e. The van der Waals surface area contributed by atoms with Gasteiger partial charge in [-0.05, 0) is 87.4 Å². The van der Waals surface area contributed by atoms with Crippen LogP contribution >= 0.6 is 0 Å². The number of anilines is 1. The fourth-order valence-electron chi connectivity index (χ4n) is 5.52. The van der Waals surface area contributed by atoms with Gasteiger partial charge in [0.05, 0.1) is 16.8 Å². The molecule has 1 aliphatic heterocycles. The van der Waals surface area contributed by atoms with Gasteiger partial charge in [0.2, 0.25) is 0 Å². The minimum Gasteiger partial charge on any atom is -0.371 e. The maximum absolute atomic E-state index is 13.5. The Morgan fingerprint density at radius 1 is 1.00 bits per heavy atom. The Morgan fingerprint density at radius 2 is 1.76 bits per heavy atom. The second kappa shape index (κ2) is 9.65. The molecule has 0 spiro atoms. The molecule has 0 radical (unpaired) electrons. The van der Waals surface area contributed by atoms with Gasteiger partial charge in [-0.3, -0.25) is 14.3 Å². The van der Waals surface area contributed by atoms with Crippen molar-refractivity contribution in [3.63, 3.8) is 0 Å². The molecule has 1 saturated heterocycles. The van der Waals surface area contributed by atoms with E-state index in [4.69, 9.17) is 0 Å². The molecule has 0 N–H and O–H groups in total. The van der Waals surface area contributed by atoms with Gasteiger partial charge in [-0.25, -0.2) is 4.98 Å². The number of nitrogens with zero attached hydrogens (tertiary/aromatic N) is 4. The van der Waals surface area contributed by atoms with Gasteiger partial charge >= 0.3 is 6.18 Å². The van der Waals surface area contributed by atoms with Crippen LogP contribution in [0.15, 0.2) is 59.5 Å². The van der Waals surface area contributed by atoms with Crippen LogP contribution in [0.4, 0.5) is 18.9 Å². The van der Waals surface area contributed by atoms with E-state index in [1.165, 1.54) is 18.2 Å². The Hall–Kier alpha value is -3.68. The van der Waals surface area contributed by atoms with Gasteiger partial charge in [0.15, 0.2) is 0 Å². The van der Waals surface area contributed by atoms with Crippen LogP contribution in [0.5, 0.6) is 0 Å². The Bertz CT molecular complexity index is 1520. The first kappa shape index (κ1) is 25.0. The molecule has 0 aliphatic carbocycles. The van der Waals surface area contributed by atoms with E-state index in [1.54, 1.807) is 22.9 Å². The largest absolute Gasteiger partial charge is 0.417 e. The smallest absolute Gasteiger partial charge is 0.371 e.